The molecule has 10 nitrogen and oxygen atoms in total. The first kappa shape index (κ1) is 30.3. The molecular weight excluding hydrogens is 546 g/mol. The molecule has 43 heavy (non-hydrogen) atoms. The molecule has 10 heteroatoms. The Balaban J connectivity index is 1.24. The number of benzene rings is 3. The third-order valence-corrected chi connectivity index (χ3v) is 7.73. The molecule has 0 spiro atoms. The van der Waals surface area contributed by atoms with Gasteiger partial charge in [-0.25, -0.2) is 0 Å². The fraction of sp³-hybridized carbons (Fsp3) is 0.394. The Labute approximate surface area is 253 Å². The van der Waals surface area contributed by atoms with Crippen LogP contribution in [0.25, 0.3) is 0 Å². The number of hydrogen-bond acceptors (Lipinski definition) is 8. The molecule has 2 aliphatic rings. The second kappa shape index (κ2) is 15.4. The molecule has 2 amide bonds. The number of piperazine rings is 1. The molecule has 0 aromatic heterocycles. The predicted octanol–water partition coefficient (Wildman–Crippen LogP) is 3.24. The Hall–Kier alpha value is -4.12. The van der Waals surface area contributed by atoms with Gasteiger partial charge in [-0.2, -0.15) is 0 Å². The molecule has 2 heterocycles. The number of nitrogens with zero attached hydrogens (tertiary/aromatic N) is 3. The summed E-state index contributed by atoms with van der Waals surface area (Å²) in [6.45, 7) is 7.79. The van der Waals surface area contributed by atoms with Crippen LogP contribution < -0.4 is 25.2 Å². The van der Waals surface area contributed by atoms with Gasteiger partial charge in [0.2, 0.25) is 5.91 Å². The van der Waals surface area contributed by atoms with Crippen molar-refractivity contribution in [2.24, 2.45) is 0 Å². The van der Waals surface area contributed by atoms with Crippen molar-refractivity contribution in [2.45, 2.75) is 6.61 Å². The standard InChI is InChI=1S/C33H41N5O5/c1-41-31-10-6-5-9-30(31)38-17-15-37(16-18-38)29-12-11-27(35-32(39)25-43-24-26-7-3-2-4-8-26)23-28(29)33(40)34-13-14-36-19-21-42-22-20-36/h2-12,23H,13-22,24-25H2,1H3,(H,34,40)(H,35,39). The van der Waals surface area contributed by atoms with Gasteiger partial charge < -0.3 is 34.6 Å². The van der Waals surface area contributed by atoms with Crippen LogP contribution in [0, 0.1) is 0 Å². The van der Waals surface area contributed by atoms with E-state index in [0.717, 1.165) is 81.7 Å². The fourth-order valence-corrected chi connectivity index (χ4v) is 5.43. The van der Waals surface area contributed by atoms with Crippen molar-refractivity contribution >= 4 is 28.9 Å². The average Bonchev–Trinajstić information content (AvgIpc) is 3.06. The highest BCUT2D eigenvalue weighted by atomic mass is 16.5. The monoisotopic (exact) mass is 587 g/mol. The van der Waals surface area contributed by atoms with E-state index in [9.17, 15) is 9.59 Å². The number of rotatable bonds is 12. The Morgan fingerprint density at radius 3 is 2.28 bits per heavy atom. The normalized spacial score (nSPS) is 15.7. The number of amides is 2. The molecule has 0 bridgehead atoms. The lowest BCUT2D eigenvalue weighted by molar-refractivity contribution is -0.121. The fourth-order valence-electron chi connectivity index (χ4n) is 5.43. The summed E-state index contributed by atoms with van der Waals surface area (Å²) >= 11 is 0. The molecule has 0 aliphatic carbocycles. The quantitative estimate of drug-likeness (QED) is 0.334. The summed E-state index contributed by atoms with van der Waals surface area (Å²) in [5, 5.41) is 5.99. The summed E-state index contributed by atoms with van der Waals surface area (Å²) in [6.07, 6.45) is 0. The molecule has 2 fully saturated rings. The third kappa shape index (κ3) is 8.47. The van der Waals surface area contributed by atoms with Crippen molar-refractivity contribution in [1.29, 1.82) is 0 Å². The van der Waals surface area contributed by atoms with Crippen LogP contribution in [0.2, 0.25) is 0 Å². The van der Waals surface area contributed by atoms with Crippen molar-refractivity contribution in [3.63, 3.8) is 0 Å². The van der Waals surface area contributed by atoms with Gasteiger partial charge in [0, 0.05) is 63.7 Å². The smallest absolute Gasteiger partial charge is 0.253 e. The molecule has 3 aromatic rings. The van der Waals surface area contributed by atoms with E-state index in [2.05, 4.69) is 31.4 Å². The van der Waals surface area contributed by atoms with Crippen LogP contribution in [0.1, 0.15) is 15.9 Å². The summed E-state index contributed by atoms with van der Waals surface area (Å²) < 4.78 is 16.6. The maximum atomic E-state index is 13.5. The molecule has 3 aromatic carbocycles. The zero-order valence-electron chi connectivity index (χ0n) is 24.8. The molecule has 0 unspecified atom stereocenters. The number of ether oxygens (including phenoxy) is 3. The minimum absolute atomic E-state index is 0.0807. The molecule has 2 N–H and O–H groups in total. The number of methoxy groups -OCH3 is 1. The topological polar surface area (TPSA) is 95.6 Å². The van der Waals surface area contributed by atoms with Crippen LogP contribution in [0.15, 0.2) is 72.8 Å². The van der Waals surface area contributed by atoms with E-state index in [1.807, 2.05) is 60.7 Å². The summed E-state index contributed by atoms with van der Waals surface area (Å²) in [7, 11) is 1.69. The van der Waals surface area contributed by atoms with E-state index in [4.69, 9.17) is 14.2 Å². The van der Waals surface area contributed by atoms with Crippen LogP contribution in [0.4, 0.5) is 17.1 Å². The van der Waals surface area contributed by atoms with Gasteiger partial charge in [0.15, 0.2) is 0 Å². The maximum Gasteiger partial charge on any atom is 0.253 e. The summed E-state index contributed by atoms with van der Waals surface area (Å²) in [5.41, 5.74) is 4.01. The number of morpholine rings is 1. The van der Waals surface area contributed by atoms with Gasteiger partial charge in [0.1, 0.15) is 12.4 Å². The molecule has 228 valence electrons. The van der Waals surface area contributed by atoms with Gasteiger partial charge in [-0.1, -0.05) is 42.5 Å². The van der Waals surface area contributed by atoms with Gasteiger partial charge >= 0.3 is 0 Å². The van der Waals surface area contributed by atoms with Crippen molar-refractivity contribution < 1.29 is 23.8 Å². The van der Waals surface area contributed by atoms with Crippen LogP contribution in [0.5, 0.6) is 5.75 Å². The van der Waals surface area contributed by atoms with Crippen LogP contribution in [-0.2, 0) is 20.9 Å². The van der Waals surface area contributed by atoms with Crippen molar-refractivity contribution in [2.75, 3.05) is 94.4 Å². The lowest BCUT2D eigenvalue weighted by Crippen LogP contribution is -2.47. The first-order chi connectivity index (χ1) is 21.1. The number of carbonyl (C=O) groups is 2. The molecular formula is C33H41N5O5. The highest BCUT2D eigenvalue weighted by Crippen LogP contribution is 2.31. The van der Waals surface area contributed by atoms with Gasteiger partial charge in [0.05, 0.1) is 38.2 Å². The number of anilines is 3. The van der Waals surface area contributed by atoms with Crippen molar-refractivity contribution in [1.82, 2.24) is 10.2 Å². The van der Waals surface area contributed by atoms with E-state index >= 15 is 0 Å². The lowest BCUT2D eigenvalue weighted by atomic mass is 10.1. The summed E-state index contributed by atoms with van der Waals surface area (Å²) in [4.78, 5) is 33.0. The molecule has 0 radical (unpaired) electrons. The Bertz CT molecular complexity index is 1340. The minimum Gasteiger partial charge on any atom is -0.495 e. The van der Waals surface area contributed by atoms with Gasteiger partial charge in [-0.3, -0.25) is 14.5 Å². The number of nitrogens with one attached hydrogen (secondary N) is 2. The van der Waals surface area contributed by atoms with Crippen LogP contribution in [-0.4, -0.2) is 96.0 Å². The maximum absolute atomic E-state index is 13.5. The largest absolute Gasteiger partial charge is 0.495 e. The van der Waals surface area contributed by atoms with E-state index in [1.54, 1.807) is 13.2 Å². The van der Waals surface area contributed by atoms with Crippen LogP contribution >= 0.6 is 0 Å². The van der Waals surface area contributed by atoms with E-state index < -0.39 is 0 Å². The SMILES string of the molecule is COc1ccccc1N1CCN(c2ccc(NC(=O)COCc3ccccc3)cc2C(=O)NCCN2CCOCC2)CC1. The zero-order chi connectivity index (χ0) is 29.9. The van der Waals surface area contributed by atoms with E-state index in [1.165, 1.54) is 0 Å². The molecule has 2 saturated heterocycles. The lowest BCUT2D eigenvalue weighted by Gasteiger charge is -2.38. The number of hydrogen-bond donors (Lipinski definition) is 2. The van der Waals surface area contributed by atoms with Crippen molar-refractivity contribution in [3.8, 4) is 5.75 Å². The average molecular weight is 588 g/mol. The molecule has 5 rings (SSSR count). The van der Waals surface area contributed by atoms with E-state index in [-0.39, 0.29) is 18.4 Å². The minimum atomic E-state index is -0.271. The summed E-state index contributed by atoms with van der Waals surface area (Å²) in [5.74, 6) is 0.420. The highest BCUT2D eigenvalue weighted by Gasteiger charge is 2.24. The zero-order valence-corrected chi connectivity index (χ0v) is 24.8. The van der Waals surface area contributed by atoms with E-state index in [0.29, 0.717) is 24.4 Å². The second-order valence-electron chi connectivity index (χ2n) is 10.6. The third-order valence-electron chi connectivity index (χ3n) is 7.73. The molecule has 0 atom stereocenters. The predicted molar refractivity (Wildman–Crippen MR) is 168 cm³/mol. The Kier molecular flexibility index (Phi) is 10.9. The number of carbonyl (C=O) groups excluding carboxylic acids is 2. The first-order valence-corrected chi connectivity index (χ1v) is 14.9. The second-order valence-corrected chi connectivity index (χ2v) is 10.6. The van der Waals surface area contributed by atoms with Gasteiger partial charge in [-0.15, -0.1) is 0 Å². The Morgan fingerprint density at radius 2 is 1.53 bits per heavy atom. The highest BCUT2D eigenvalue weighted by molar-refractivity contribution is 6.02. The van der Waals surface area contributed by atoms with Gasteiger partial charge in [-0.05, 0) is 35.9 Å². The van der Waals surface area contributed by atoms with Gasteiger partial charge in [0.25, 0.3) is 5.91 Å². The summed E-state index contributed by atoms with van der Waals surface area (Å²) in [6, 6.07) is 23.3. The molecule has 0 saturated carbocycles. The number of para-hydroxylation sites is 2. The van der Waals surface area contributed by atoms with Crippen molar-refractivity contribution in [3.05, 3.63) is 83.9 Å². The molecule has 2 aliphatic heterocycles. The Morgan fingerprint density at radius 1 is 0.837 bits per heavy atom. The first-order valence-electron chi connectivity index (χ1n) is 14.9. The van der Waals surface area contributed by atoms with Crippen LogP contribution in [0.3, 0.4) is 0 Å².